The molecule has 1 heterocycles. The Bertz CT molecular complexity index is 605. The van der Waals surface area contributed by atoms with E-state index >= 15 is 0 Å². The lowest BCUT2D eigenvalue weighted by Gasteiger charge is -2.15. The normalized spacial score (nSPS) is 21.0. The Labute approximate surface area is 123 Å². The smallest absolute Gasteiger partial charge is 0.311 e. The first-order valence-corrected chi connectivity index (χ1v) is 6.33. The number of carboxylic acids is 1. The van der Waals surface area contributed by atoms with Crippen molar-refractivity contribution in [3.05, 3.63) is 38.9 Å². The van der Waals surface area contributed by atoms with E-state index in [1.54, 1.807) is 0 Å². The van der Waals surface area contributed by atoms with Crippen molar-refractivity contribution >= 4 is 29.2 Å². The van der Waals surface area contributed by atoms with Crippen LogP contribution in [0.3, 0.4) is 0 Å². The van der Waals surface area contributed by atoms with Gasteiger partial charge in [0.05, 0.1) is 24.2 Å². The third-order valence-electron chi connectivity index (χ3n) is 3.11. The number of amides is 1. The number of carbonyl (C=O) groups excluding carboxylic acids is 1. The van der Waals surface area contributed by atoms with Crippen molar-refractivity contribution in [2.45, 2.75) is 6.04 Å². The maximum Gasteiger partial charge on any atom is 0.311 e. The summed E-state index contributed by atoms with van der Waals surface area (Å²) in [5, 5.41) is 22.5. The van der Waals surface area contributed by atoms with Crippen LogP contribution in [0.15, 0.2) is 18.2 Å². The minimum Gasteiger partial charge on any atom is -0.481 e. The van der Waals surface area contributed by atoms with Crippen LogP contribution in [0.1, 0.15) is 10.4 Å². The summed E-state index contributed by atoms with van der Waals surface area (Å²) in [5.41, 5.74) is -0.619. The highest BCUT2D eigenvalue weighted by Crippen LogP contribution is 2.23. The third kappa shape index (κ3) is 3.29. The first-order valence-electron chi connectivity index (χ1n) is 5.95. The van der Waals surface area contributed by atoms with Crippen LogP contribution >= 0.6 is 11.6 Å². The zero-order valence-electron chi connectivity index (χ0n) is 10.6. The molecule has 1 aromatic rings. The van der Waals surface area contributed by atoms with Gasteiger partial charge in [-0.2, -0.15) is 0 Å². The van der Waals surface area contributed by atoms with Crippen LogP contribution < -0.4 is 5.32 Å². The van der Waals surface area contributed by atoms with Gasteiger partial charge < -0.3 is 15.2 Å². The van der Waals surface area contributed by atoms with Crippen molar-refractivity contribution in [2.75, 3.05) is 13.2 Å². The van der Waals surface area contributed by atoms with Crippen LogP contribution in [0.4, 0.5) is 5.69 Å². The molecule has 0 bridgehead atoms. The zero-order valence-corrected chi connectivity index (χ0v) is 11.4. The first-order chi connectivity index (χ1) is 9.90. The van der Waals surface area contributed by atoms with Crippen LogP contribution in [-0.2, 0) is 9.53 Å². The molecule has 0 radical (unpaired) electrons. The van der Waals surface area contributed by atoms with Crippen LogP contribution in [0, 0.1) is 16.0 Å². The lowest BCUT2D eigenvalue weighted by molar-refractivity contribution is -0.385. The van der Waals surface area contributed by atoms with Crippen molar-refractivity contribution in [1.29, 1.82) is 0 Å². The van der Waals surface area contributed by atoms with E-state index < -0.39 is 34.4 Å². The fourth-order valence-electron chi connectivity index (χ4n) is 2.04. The number of hydrogen-bond acceptors (Lipinski definition) is 5. The zero-order chi connectivity index (χ0) is 15.6. The Morgan fingerprint density at radius 3 is 2.76 bits per heavy atom. The van der Waals surface area contributed by atoms with Crippen LogP contribution in [-0.4, -0.2) is 41.2 Å². The first kappa shape index (κ1) is 15.2. The standard InChI is InChI=1S/C12H11ClN2O6/c13-6-1-2-10(15(19)20)7(3-6)11(16)14-9-5-21-4-8(9)12(17)18/h1-3,8-9H,4-5H2,(H,14,16)(H,17,18). The summed E-state index contributed by atoms with van der Waals surface area (Å²) in [6.07, 6.45) is 0. The Morgan fingerprint density at radius 2 is 2.14 bits per heavy atom. The van der Waals surface area contributed by atoms with Gasteiger partial charge in [0, 0.05) is 11.1 Å². The van der Waals surface area contributed by atoms with Crippen molar-refractivity contribution in [3.63, 3.8) is 0 Å². The molecule has 112 valence electrons. The molecule has 0 spiro atoms. The summed E-state index contributed by atoms with van der Waals surface area (Å²) in [6.45, 7) is 0.0228. The fraction of sp³-hybridized carbons (Fsp3) is 0.333. The van der Waals surface area contributed by atoms with Gasteiger partial charge in [-0.1, -0.05) is 11.6 Å². The van der Waals surface area contributed by atoms with Crippen LogP contribution in [0.2, 0.25) is 5.02 Å². The number of carbonyl (C=O) groups is 2. The monoisotopic (exact) mass is 314 g/mol. The molecule has 2 atom stereocenters. The molecule has 1 fully saturated rings. The van der Waals surface area contributed by atoms with Gasteiger partial charge in [0.1, 0.15) is 11.5 Å². The van der Waals surface area contributed by atoms with Gasteiger partial charge in [0.2, 0.25) is 0 Å². The molecule has 1 saturated heterocycles. The lowest BCUT2D eigenvalue weighted by atomic mass is 10.0. The predicted molar refractivity (Wildman–Crippen MR) is 71.3 cm³/mol. The van der Waals surface area contributed by atoms with E-state index in [2.05, 4.69) is 5.32 Å². The highest BCUT2D eigenvalue weighted by molar-refractivity contribution is 6.31. The number of ether oxygens (including phenoxy) is 1. The highest BCUT2D eigenvalue weighted by atomic mass is 35.5. The van der Waals surface area contributed by atoms with Crippen molar-refractivity contribution in [1.82, 2.24) is 5.32 Å². The third-order valence-corrected chi connectivity index (χ3v) is 3.35. The average Bonchev–Trinajstić information content (AvgIpc) is 2.86. The number of nitro groups is 1. The molecule has 1 aliphatic rings. The van der Waals surface area contributed by atoms with Gasteiger partial charge in [0.25, 0.3) is 11.6 Å². The number of halogens is 1. The minimum atomic E-state index is -1.10. The molecular weight excluding hydrogens is 304 g/mol. The van der Waals surface area contributed by atoms with Gasteiger partial charge in [-0.25, -0.2) is 0 Å². The van der Waals surface area contributed by atoms with Gasteiger partial charge >= 0.3 is 5.97 Å². The topological polar surface area (TPSA) is 119 Å². The Hall–Kier alpha value is -2.19. The van der Waals surface area contributed by atoms with Crippen molar-refractivity contribution in [2.24, 2.45) is 5.92 Å². The molecule has 0 aliphatic carbocycles. The fourth-order valence-corrected chi connectivity index (χ4v) is 2.21. The number of nitrogens with one attached hydrogen (secondary N) is 1. The molecule has 1 aromatic carbocycles. The van der Waals surface area contributed by atoms with Gasteiger partial charge in [-0.15, -0.1) is 0 Å². The number of carboxylic acid groups (broad SMARTS) is 1. The molecule has 8 nitrogen and oxygen atoms in total. The molecule has 2 N–H and O–H groups in total. The van der Waals surface area contributed by atoms with Gasteiger partial charge in [0.15, 0.2) is 0 Å². The van der Waals surface area contributed by atoms with Gasteiger partial charge in [-0.3, -0.25) is 19.7 Å². The molecule has 9 heteroatoms. The summed E-state index contributed by atoms with van der Waals surface area (Å²) in [6, 6.07) is 2.85. The molecule has 2 rings (SSSR count). The van der Waals surface area contributed by atoms with E-state index in [4.69, 9.17) is 21.4 Å². The second kappa shape index (κ2) is 6.06. The number of benzene rings is 1. The number of aliphatic carboxylic acids is 1. The van der Waals surface area contributed by atoms with Gasteiger partial charge in [-0.05, 0) is 12.1 Å². The van der Waals surface area contributed by atoms with Crippen LogP contribution in [0.5, 0.6) is 0 Å². The maximum absolute atomic E-state index is 12.1. The molecule has 1 aliphatic heterocycles. The number of nitrogens with zero attached hydrogens (tertiary/aromatic N) is 1. The second-order valence-electron chi connectivity index (χ2n) is 4.48. The van der Waals surface area contributed by atoms with E-state index in [0.717, 1.165) is 6.07 Å². The summed E-state index contributed by atoms with van der Waals surface area (Å²) < 4.78 is 5.01. The van der Waals surface area contributed by atoms with E-state index in [1.165, 1.54) is 12.1 Å². The Morgan fingerprint density at radius 1 is 1.43 bits per heavy atom. The molecular formula is C12H11ClN2O6. The van der Waals surface area contributed by atoms with Crippen molar-refractivity contribution < 1.29 is 24.4 Å². The SMILES string of the molecule is O=C(NC1COCC1C(=O)O)c1cc(Cl)ccc1[N+](=O)[O-]. The molecule has 21 heavy (non-hydrogen) atoms. The molecule has 2 unspecified atom stereocenters. The lowest BCUT2D eigenvalue weighted by Crippen LogP contribution is -2.42. The van der Waals surface area contributed by atoms with E-state index in [1.807, 2.05) is 0 Å². The summed E-state index contributed by atoms with van der Waals surface area (Å²) in [4.78, 5) is 33.3. The number of rotatable bonds is 4. The quantitative estimate of drug-likeness (QED) is 0.634. The summed E-state index contributed by atoms with van der Waals surface area (Å²) in [5.74, 6) is -2.74. The molecule has 1 amide bonds. The molecule has 0 saturated carbocycles. The summed E-state index contributed by atoms with van der Waals surface area (Å²) >= 11 is 5.74. The predicted octanol–water partition coefficient (Wildman–Crippen LogP) is 1.08. The van der Waals surface area contributed by atoms with Crippen LogP contribution in [0.25, 0.3) is 0 Å². The Kier molecular flexibility index (Phi) is 4.39. The summed E-state index contributed by atoms with van der Waals surface area (Å²) in [7, 11) is 0. The number of hydrogen-bond donors (Lipinski definition) is 2. The average molecular weight is 315 g/mol. The van der Waals surface area contributed by atoms with E-state index in [0.29, 0.717) is 0 Å². The van der Waals surface area contributed by atoms with Crippen molar-refractivity contribution in [3.8, 4) is 0 Å². The van der Waals surface area contributed by atoms with E-state index in [9.17, 15) is 19.7 Å². The highest BCUT2D eigenvalue weighted by Gasteiger charge is 2.36. The Balaban J connectivity index is 2.22. The maximum atomic E-state index is 12.1. The number of nitro benzene ring substituents is 1. The largest absolute Gasteiger partial charge is 0.481 e. The second-order valence-corrected chi connectivity index (χ2v) is 4.92. The molecule has 0 aromatic heterocycles. The minimum absolute atomic E-state index is 0.0160. The van der Waals surface area contributed by atoms with E-state index in [-0.39, 0.29) is 23.8 Å².